The first-order valence-corrected chi connectivity index (χ1v) is 6.89. The van der Waals surface area contributed by atoms with Gasteiger partial charge in [-0.2, -0.15) is 0 Å². The van der Waals surface area contributed by atoms with Gasteiger partial charge in [-0.25, -0.2) is 14.6 Å². The first kappa shape index (κ1) is 15.0. The summed E-state index contributed by atoms with van der Waals surface area (Å²) in [7, 11) is 0. The molecule has 1 heterocycles. The van der Waals surface area contributed by atoms with Crippen LogP contribution in [0.4, 0.5) is 10.5 Å². The van der Waals surface area contributed by atoms with E-state index in [1.54, 1.807) is 30.9 Å². The number of anilines is 1. The number of urea groups is 1. The number of hydrogen-bond donors (Lipinski definition) is 3. The minimum absolute atomic E-state index is 0.0891. The van der Waals surface area contributed by atoms with Crippen LogP contribution in [0.25, 0.3) is 0 Å². The summed E-state index contributed by atoms with van der Waals surface area (Å²) >= 11 is 3.14. The molecule has 0 aliphatic heterocycles. The number of aromatic carboxylic acids is 1. The van der Waals surface area contributed by atoms with E-state index in [-0.39, 0.29) is 5.56 Å². The van der Waals surface area contributed by atoms with Crippen molar-refractivity contribution in [2.75, 3.05) is 11.9 Å². The molecule has 0 aliphatic rings. The maximum atomic E-state index is 11.7. The van der Waals surface area contributed by atoms with E-state index in [2.05, 4.69) is 31.5 Å². The maximum Gasteiger partial charge on any atom is 0.336 e. The molecule has 0 saturated heterocycles. The van der Waals surface area contributed by atoms with E-state index >= 15 is 0 Å². The Hall–Kier alpha value is -2.35. The number of benzene rings is 1. The molecule has 0 saturated carbocycles. The highest BCUT2D eigenvalue weighted by molar-refractivity contribution is 9.10. The van der Waals surface area contributed by atoms with Crippen molar-refractivity contribution in [1.82, 2.24) is 14.9 Å². The number of nitrogens with one attached hydrogen (secondary N) is 2. The largest absolute Gasteiger partial charge is 0.478 e. The van der Waals surface area contributed by atoms with Gasteiger partial charge in [0.25, 0.3) is 0 Å². The molecular weight excluding hydrogens is 340 g/mol. The molecule has 2 amide bonds. The van der Waals surface area contributed by atoms with Crippen LogP contribution in [0.1, 0.15) is 10.4 Å². The molecule has 0 aliphatic carbocycles. The van der Waals surface area contributed by atoms with Crippen LogP contribution < -0.4 is 10.6 Å². The molecule has 2 aromatic rings. The van der Waals surface area contributed by atoms with E-state index in [1.165, 1.54) is 6.07 Å². The molecule has 0 atom stereocenters. The van der Waals surface area contributed by atoms with Gasteiger partial charge < -0.3 is 20.3 Å². The number of aromatic nitrogens is 2. The van der Waals surface area contributed by atoms with Crippen molar-refractivity contribution < 1.29 is 14.7 Å². The molecule has 1 aromatic heterocycles. The van der Waals surface area contributed by atoms with Crippen LogP contribution in [-0.2, 0) is 6.54 Å². The molecule has 0 bridgehead atoms. The Bertz CT molecular complexity index is 643. The molecular formula is C13H13BrN4O3. The van der Waals surface area contributed by atoms with Crippen LogP contribution in [0.15, 0.2) is 41.4 Å². The van der Waals surface area contributed by atoms with Gasteiger partial charge in [-0.1, -0.05) is 0 Å². The zero-order valence-corrected chi connectivity index (χ0v) is 12.5. The summed E-state index contributed by atoms with van der Waals surface area (Å²) in [6.45, 7) is 1.04. The lowest BCUT2D eigenvalue weighted by atomic mass is 10.2. The van der Waals surface area contributed by atoms with Gasteiger partial charge in [-0.05, 0) is 34.1 Å². The fourth-order valence-corrected chi connectivity index (χ4v) is 2.08. The third-order valence-corrected chi connectivity index (χ3v) is 3.36. The van der Waals surface area contributed by atoms with E-state index in [9.17, 15) is 9.59 Å². The zero-order valence-electron chi connectivity index (χ0n) is 10.9. The van der Waals surface area contributed by atoms with Gasteiger partial charge in [0.2, 0.25) is 0 Å². The van der Waals surface area contributed by atoms with Crippen molar-refractivity contribution in [2.24, 2.45) is 0 Å². The van der Waals surface area contributed by atoms with Gasteiger partial charge in [0.15, 0.2) is 0 Å². The predicted octanol–water partition coefficient (Wildman–Crippen LogP) is 2.17. The third-order valence-electron chi connectivity index (χ3n) is 2.67. The van der Waals surface area contributed by atoms with E-state index in [0.29, 0.717) is 23.2 Å². The molecule has 0 spiro atoms. The topological polar surface area (TPSA) is 96.3 Å². The number of halogens is 1. The lowest BCUT2D eigenvalue weighted by Gasteiger charge is -2.09. The molecule has 8 heteroatoms. The molecule has 0 unspecified atom stereocenters. The average molecular weight is 353 g/mol. The zero-order chi connectivity index (χ0) is 15.2. The van der Waals surface area contributed by atoms with Crippen LogP contribution in [0.3, 0.4) is 0 Å². The highest BCUT2D eigenvalue weighted by Crippen LogP contribution is 2.21. The van der Waals surface area contributed by atoms with Crippen LogP contribution in [-0.4, -0.2) is 33.2 Å². The maximum absolute atomic E-state index is 11.7. The third kappa shape index (κ3) is 4.32. The van der Waals surface area contributed by atoms with Gasteiger partial charge >= 0.3 is 12.0 Å². The van der Waals surface area contributed by atoms with Crippen molar-refractivity contribution in [3.05, 3.63) is 47.0 Å². The fraction of sp³-hybridized carbons (Fsp3) is 0.154. The lowest BCUT2D eigenvalue weighted by Crippen LogP contribution is -2.31. The van der Waals surface area contributed by atoms with Crippen molar-refractivity contribution in [3.63, 3.8) is 0 Å². The summed E-state index contributed by atoms with van der Waals surface area (Å²) < 4.78 is 2.30. The van der Waals surface area contributed by atoms with Crippen LogP contribution >= 0.6 is 15.9 Å². The number of imidazole rings is 1. The van der Waals surface area contributed by atoms with Crippen LogP contribution in [0.2, 0.25) is 0 Å². The summed E-state index contributed by atoms with van der Waals surface area (Å²) in [5, 5.41) is 14.3. The Morgan fingerprint density at radius 3 is 2.86 bits per heavy atom. The highest BCUT2D eigenvalue weighted by Gasteiger charge is 2.10. The molecule has 21 heavy (non-hydrogen) atoms. The molecule has 7 nitrogen and oxygen atoms in total. The summed E-state index contributed by atoms with van der Waals surface area (Å²) in [5.74, 6) is -1.06. The predicted molar refractivity (Wildman–Crippen MR) is 80.3 cm³/mol. The van der Waals surface area contributed by atoms with Gasteiger partial charge in [0.05, 0.1) is 11.9 Å². The molecule has 2 rings (SSSR count). The normalized spacial score (nSPS) is 10.1. The second-order valence-corrected chi connectivity index (χ2v) is 5.04. The minimum Gasteiger partial charge on any atom is -0.478 e. The first-order chi connectivity index (χ1) is 10.1. The van der Waals surface area contributed by atoms with Crippen molar-refractivity contribution >= 4 is 33.6 Å². The van der Waals surface area contributed by atoms with Crippen molar-refractivity contribution in [3.8, 4) is 0 Å². The number of carbonyl (C=O) groups excluding carboxylic acids is 1. The number of amides is 2. The highest BCUT2D eigenvalue weighted by atomic mass is 79.9. The van der Waals surface area contributed by atoms with Gasteiger partial charge in [-0.3, -0.25) is 0 Å². The average Bonchev–Trinajstić information content (AvgIpc) is 2.94. The Labute approximate surface area is 129 Å². The monoisotopic (exact) mass is 352 g/mol. The van der Waals surface area contributed by atoms with Crippen LogP contribution in [0.5, 0.6) is 0 Å². The quantitative estimate of drug-likeness (QED) is 0.768. The number of hydrogen-bond acceptors (Lipinski definition) is 3. The first-order valence-electron chi connectivity index (χ1n) is 6.09. The Morgan fingerprint density at radius 2 is 2.19 bits per heavy atom. The van der Waals surface area contributed by atoms with Crippen molar-refractivity contribution in [1.29, 1.82) is 0 Å². The summed E-state index contributed by atoms with van der Waals surface area (Å²) in [6, 6.07) is 4.19. The van der Waals surface area contributed by atoms with E-state index in [1.807, 2.05) is 4.57 Å². The number of nitrogens with zero attached hydrogens (tertiary/aromatic N) is 2. The fourth-order valence-electron chi connectivity index (χ4n) is 1.66. The summed E-state index contributed by atoms with van der Waals surface area (Å²) in [5.41, 5.74) is 0.502. The second kappa shape index (κ2) is 6.89. The van der Waals surface area contributed by atoms with E-state index < -0.39 is 12.0 Å². The number of carbonyl (C=O) groups is 2. The van der Waals surface area contributed by atoms with E-state index in [0.717, 1.165) is 0 Å². The van der Waals surface area contributed by atoms with Crippen LogP contribution in [0, 0.1) is 0 Å². The smallest absolute Gasteiger partial charge is 0.336 e. The van der Waals surface area contributed by atoms with E-state index in [4.69, 9.17) is 5.11 Å². The minimum atomic E-state index is -1.06. The standard InChI is InChI=1S/C13H13BrN4O3/c14-11-2-1-9(7-10(11)12(19)20)17-13(21)16-4-6-18-5-3-15-8-18/h1-3,5,7-8H,4,6H2,(H,19,20)(H2,16,17,21). The number of carboxylic acid groups (broad SMARTS) is 1. The Morgan fingerprint density at radius 1 is 1.38 bits per heavy atom. The van der Waals surface area contributed by atoms with Gasteiger partial charge in [0, 0.05) is 35.6 Å². The molecule has 3 N–H and O–H groups in total. The number of rotatable bonds is 5. The lowest BCUT2D eigenvalue weighted by molar-refractivity contribution is 0.0696. The molecule has 110 valence electrons. The SMILES string of the molecule is O=C(NCCn1ccnc1)Nc1ccc(Br)c(C(=O)O)c1. The summed E-state index contributed by atoms with van der Waals surface area (Å²) in [6.07, 6.45) is 5.12. The van der Waals surface area contributed by atoms with Crippen molar-refractivity contribution in [2.45, 2.75) is 6.54 Å². The molecule has 0 radical (unpaired) electrons. The van der Waals surface area contributed by atoms with Gasteiger partial charge in [-0.15, -0.1) is 0 Å². The molecule has 0 fully saturated rings. The summed E-state index contributed by atoms with van der Waals surface area (Å²) in [4.78, 5) is 26.6. The second-order valence-electron chi connectivity index (χ2n) is 4.18. The van der Waals surface area contributed by atoms with Gasteiger partial charge in [0.1, 0.15) is 0 Å². The number of carboxylic acids is 1. The Kier molecular flexibility index (Phi) is 4.94. The molecule has 1 aromatic carbocycles. The Balaban J connectivity index is 1.87.